The van der Waals surface area contributed by atoms with Crippen molar-refractivity contribution in [3.05, 3.63) is 0 Å². The maximum absolute atomic E-state index is 10.2. The van der Waals surface area contributed by atoms with Crippen LogP contribution in [0.25, 0.3) is 0 Å². The summed E-state index contributed by atoms with van der Waals surface area (Å²) in [5.74, 6) is 0.757. The molecule has 0 bridgehead atoms. The molecule has 0 aromatic carbocycles. The Balaban J connectivity index is 1.91. The lowest BCUT2D eigenvalue weighted by Crippen LogP contribution is -2.55. The maximum atomic E-state index is 10.2. The maximum Gasteiger partial charge on any atom is 0.0695 e. The van der Waals surface area contributed by atoms with Gasteiger partial charge in [-0.25, -0.2) is 0 Å². The first-order valence-corrected chi connectivity index (χ1v) is 7.91. The van der Waals surface area contributed by atoms with Gasteiger partial charge in [-0.2, -0.15) is 0 Å². The number of piperidine rings is 1. The molecule has 0 amide bonds. The molecule has 4 atom stereocenters. The summed E-state index contributed by atoms with van der Waals surface area (Å²) < 4.78 is 0. The molecule has 2 aliphatic rings. The summed E-state index contributed by atoms with van der Waals surface area (Å²) >= 11 is 0. The number of nitrogens with one attached hydrogen (secondary N) is 1. The van der Waals surface area contributed by atoms with Gasteiger partial charge in [0, 0.05) is 25.2 Å². The number of aliphatic hydroxyl groups is 1. The van der Waals surface area contributed by atoms with E-state index in [1.165, 1.54) is 38.6 Å². The highest BCUT2D eigenvalue weighted by Gasteiger charge is 2.34. The summed E-state index contributed by atoms with van der Waals surface area (Å²) in [6.45, 7) is 7.92. The van der Waals surface area contributed by atoms with E-state index in [2.05, 4.69) is 24.1 Å². The third-order valence-corrected chi connectivity index (χ3v) is 4.92. The van der Waals surface area contributed by atoms with Crippen LogP contribution >= 0.6 is 0 Å². The van der Waals surface area contributed by atoms with Crippen LogP contribution in [0.2, 0.25) is 0 Å². The van der Waals surface area contributed by atoms with Crippen LogP contribution in [0.1, 0.15) is 52.4 Å². The Labute approximate surface area is 112 Å². The number of nitrogens with zero attached hydrogens (tertiary/aromatic N) is 1. The minimum atomic E-state index is -0.0769. The highest BCUT2D eigenvalue weighted by molar-refractivity contribution is 4.90. The molecular weight excluding hydrogens is 224 g/mol. The summed E-state index contributed by atoms with van der Waals surface area (Å²) in [7, 11) is 0. The van der Waals surface area contributed by atoms with Crippen molar-refractivity contribution in [2.45, 2.75) is 70.6 Å². The van der Waals surface area contributed by atoms with E-state index in [4.69, 9.17) is 0 Å². The van der Waals surface area contributed by atoms with E-state index in [0.29, 0.717) is 12.1 Å². The fourth-order valence-electron chi connectivity index (χ4n) is 3.82. The monoisotopic (exact) mass is 254 g/mol. The van der Waals surface area contributed by atoms with Crippen molar-refractivity contribution in [1.29, 1.82) is 0 Å². The van der Waals surface area contributed by atoms with Gasteiger partial charge in [0.2, 0.25) is 0 Å². The molecule has 0 aromatic heterocycles. The van der Waals surface area contributed by atoms with E-state index in [1.807, 2.05) is 0 Å². The van der Waals surface area contributed by atoms with E-state index < -0.39 is 0 Å². The van der Waals surface area contributed by atoms with Crippen molar-refractivity contribution >= 4 is 0 Å². The van der Waals surface area contributed by atoms with E-state index in [1.54, 1.807) is 0 Å². The SMILES string of the molecule is CCNC1CCN(C2CCCCC2O)CC1CC. The normalized spacial score (nSPS) is 38.8. The van der Waals surface area contributed by atoms with E-state index in [-0.39, 0.29) is 6.10 Å². The third kappa shape index (κ3) is 3.25. The molecule has 106 valence electrons. The highest BCUT2D eigenvalue weighted by Crippen LogP contribution is 2.28. The second-order valence-electron chi connectivity index (χ2n) is 6.04. The van der Waals surface area contributed by atoms with Crippen LogP contribution in [0.3, 0.4) is 0 Å². The molecule has 4 unspecified atom stereocenters. The van der Waals surface area contributed by atoms with Crippen LogP contribution in [0.4, 0.5) is 0 Å². The Bertz CT molecular complexity index is 247. The fourth-order valence-corrected chi connectivity index (χ4v) is 3.82. The smallest absolute Gasteiger partial charge is 0.0695 e. The Morgan fingerprint density at radius 1 is 1.17 bits per heavy atom. The molecule has 3 nitrogen and oxygen atoms in total. The fraction of sp³-hybridized carbons (Fsp3) is 1.00. The quantitative estimate of drug-likeness (QED) is 0.805. The Hall–Kier alpha value is -0.120. The predicted molar refractivity (Wildman–Crippen MR) is 75.7 cm³/mol. The minimum Gasteiger partial charge on any atom is -0.391 e. The summed E-state index contributed by atoms with van der Waals surface area (Å²) in [5, 5.41) is 13.8. The van der Waals surface area contributed by atoms with Gasteiger partial charge in [-0.1, -0.05) is 33.1 Å². The van der Waals surface area contributed by atoms with Crippen molar-refractivity contribution < 1.29 is 5.11 Å². The zero-order valence-electron chi connectivity index (χ0n) is 12.1. The van der Waals surface area contributed by atoms with Gasteiger partial charge in [0.15, 0.2) is 0 Å². The molecule has 0 radical (unpaired) electrons. The molecule has 3 heteroatoms. The van der Waals surface area contributed by atoms with Crippen LogP contribution in [0.5, 0.6) is 0 Å². The average Bonchev–Trinajstić information content (AvgIpc) is 2.40. The molecule has 0 aromatic rings. The number of hydrogen-bond acceptors (Lipinski definition) is 3. The summed E-state index contributed by atoms with van der Waals surface area (Å²) in [6, 6.07) is 1.13. The Morgan fingerprint density at radius 2 is 1.94 bits per heavy atom. The lowest BCUT2D eigenvalue weighted by atomic mass is 9.85. The van der Waals surface area contributed by atoms with Gasteiger partial charge in [-0.05, 0) is 31.7 Å². The molecule has 1 heterocycles. The number of rotatable bonds is 4. The largest absolute Gasteiger partial charge is 0.391 e. The zero-order chi connectivity index (χ0) is 13.0. The lowest BCUT2D eigenvalue weighted by Gasteiger charge is -2.45. The lowest BCUT2D eigenvalue weighted by molar-refractivity contribution is -0.00702. The van der Waals surface area contributed by atoms with Gasteiger partial charge in [0.25, 0.3) is 0 Å². The Kier molecular flexibility index (Phi) is 5.46. The Morgan fingerprint density at radius 3 is 2.61 bits per heavy atom. The zero-order valence-corrected chi connectivity index (χ0v) is 12.1. The van der Waals surface area contributed by atoms with Gasteiger partial charge < -0.3 is 10.4 Å². The first-order chi connectivity index (χ1) is 8.76. The molecule has 1 saturated carbocycles. The first-order valence-electron chi connectivity index (χ1n) is 7.91. The summed E-state index contributed by atoms with van der Waals surface area (Å²) in [4.78, 5) is 2.58. The second kappa shape index (κ2) is 6.88. The molecule has 0 spiro atoms. The summed E-state index contributed by atoms with van der Waals surface area (Å²) in [5.41, 5.74) is 0. The van der Waals surface area contributed by atoms with E-state index >= 15 is 0 Å². The van der Waals surface area contributed by atoms with E-state index in [9.17, 15) is 5.11 Å². The standard InChI is InChI=1S/C15H30N2O/c1-3-12-11-17(10-9-13(12)16-4-2)14-7-5-6-8-15(14)18/h12-16,18H,3-11H2,1-2H3. The number of hydrogen-bond donors (Lipinski definition) is 2. The van der Waals surface area contributed by atoms with Gasteiger partial charge in [-0.15, -0.1) is 0 Å². The van der Waals surface area contributed by atoms with Gasteiger partial charge in [0.05, 0.1) is 6.10 Å². The average molecular weight is 254 g/mol. The molecule has 1 aliphatic carbocycles. The van der Waals surface area contributed by atoms with E-state index in [0.717, 1.165) is 25.4 Å². The molecule has 18 heavy (non-hydrogen) atoms. The van der Waals surface area contributed by atoms with Crippen LogP contribution < -0.4 is 5.32 Å². The van der Waals surface area contributed by atoms with Crippen molar-refractivity contribution in [3.63, 3.8) is 0 Å². The number of aliphatic hydroxyl groups excluding tert-OH is 1. The highest BCUT2D eigenvalue weighted by atomic mass is 16.3. The van der Waals surface area contributed by atoms with Crippen LogP contribution in [0, 0.1) is 5.92 Å². The van der Waals surface area contributed by atoms with Crippen LogP contribution in [-0.4, -0.2) is 47.8 Å². The van der Waals surface area contributed by atoms with Crippen LogP contribution in [-0.2, 0) is 0 Å². The minimum absolute atomic E-state index is 0.0769. The number of likely N-dealkylation sites (tertiary alicyclic amines) is 1. The predicted octanol–water partition coefficient (Wildman–Crippen LogP) is 2.00. The van der Waals surface area contributed by atoms with Gasteiger partial charge in [0.1, 0.15) is 0 Å². The van der Waals surface area contributed by atoms with Crippen molar-refractivity contribution in [3.8, 4) is 0 Å². The van der Waals surface area contributed by atoms with Gasteiger partial charge in [-0.3, -0.25) is 4.90 Å². The molecule has 1 saturated heterocycles. The molecule has 2 rings (SSSR count). The van der Waals surface area contributed by atoms with Crippen LogP contribution in [0.15, 0.2) is 0 Å². The summed E-state index contributed by atoms with van der Waals surface area (Å²) in [6.07, 6.45) is 7.13. The van der Waals surface area contributed by atoms with Gasteiger partial charge >= 0.3 is 0 Å². The molecule has 1 aliphatic heterocycles. The van der Waals surface area contributed by atoms with Crippen molar-refractivity contribution in [2.75, 3.05) is 19.6 Å². The topological polar surface area (TPSA) is 35.5 Å². The second-order valence-corrected chi connectivity index (χ2v) is 6.04. The molecule has 2 fully saturated rings. The van der Waals surface area contributed by atoms with Crippen molar-refractivity contribution in [1.82, 2.24) is 10.2 Å². The first kappa shape index (κ1) is 14.3. The molecular formula is C15H30N2O. The van der Waals surface area contributed by atoms with Crippen molar-refractivity contribution in [2.24, 2.45) is 5.92 Å². The molecule has 2 N–H and O–H groups in total. The third-order valence-electron chi connectivity index (χ3n) is 4.92.